The van der Waals surface area contributed by atoms with Crippen LogP contribution in [0.2, 0.25) is 0 Å². The molecule has 5 nitrogen and oxygen atoms in total. The molecule has 1 saturated carbocycles. The molecule has 0 amide bonds. The molecule has 1 aliphatic heterocycles. The van der Waals surface area contributed by atoms with Gasteiger partial charge < -0.3 is 10.2 Å². The summed E-state index contributed by atoms with van der Waals surface area (Å²) in [5.41, 5.74) is 1.14. The fourth-order valence-corrected chi connectivity index (χ4v) is 5.17. The summed E-state index contributed by atoms with van der Waals surface area (Å²) in [4.78, 5) is 2.67. The summed E-state index contributed by atoms with van der Waals surface area (Å²) in [7, 11) is -3.44. The summed E-state index contributed by atoms with van der Waals surface area (Å²) in [5.74, 6) is 0. The van der Waals surface area contributed by atoms with E-state index in [-0.39, 0.29) is 6.04 Å². The molecular weight excluding hydrogens is 334 g/mol. The Morgan fingerprint density at radius 2 is 1.72 bits per heavy atom. The topological polar surface area (TPSA) is 61.4 Å². The van der Waals surface area contributed by atoms with Crippen LogP contribution in [-0.4, -0.2) is 45.0 Å². The fourth-order valence-electron chi connectivity index (χ4n) is 3.90. The van der Waals surface area contributed by atoms with Crippen LogP contribution in [0.5, 0.6) is 0 Å². The largest absolute Gasteiger partial charge is 0.310 e. The van der Waals surface area contributed by atoms with E-state index in [1.165, 1.54) is 25.7 Å². The number of benzene rings is 1. The molecule has 1 aliphatic carbocycles. The van der Waals surface area contributed by atoms with Crippen LogP contribution >= 0.6 is 0 Å². The SMILES string of the molecule is CCN1CCC[C@H](NS(=O)(=O)c2ccc(CNC3CCCC3)cc2)C1. The predicted molar refractivity (Wildman–Crippen MR) is 101 cm³/mol. The van der Waals surface area contributed by atoms with E-state index < -0.39 is 10.0 Å². The highest BCUT2D eigenvalue weighted by molar-refractivity contribution is 7.89. The van der Waals surface area contributed by atoms with Crippen molar-refractivity contribution in [2.45, 2.75) is 69.0 Å². The summed E-state index contributed by atoms with van der Waals surface area (Å²) >= 11 is 0. The minimum atomic E-state index is -3.44. The molecule has 0 unspecified atom stereocenters. The second-order valence-corrected chi connectivity index (χ2v) is 9.07. The maximum atomic E-state index is 12.6. The van der Waals surface area contributed by atoms with E-state index in [1.807, 2.05) is 12.1 Å². The Balaban J connectivity index is 1.56. The average Bonchev–Trinajstić information content (AvgIpc) is 3.14. The molecule has 1 heterocycles. The molecule has 3 rings (SSSR count). The van der Waals surface area contributed by atoms with Gasteiger partial charge in [0.2, 0.25) is 10.0 Å². The van der Waals surface area contributed by atoms with Gasteiger partial charge in [-0.2, -0.15) is 0 Å². The third-order valence-electron chi connectivity index (χ3n) is 5.46. The summed E-state index contributed by atoms with van der Waals surface area (Å²) in [6, 6.07) is 7.95. The smallest absolute Gasteiger partial charge is 0.240 e. The van der Waals surface area contributed by atoms with Crippen molar-refractivity contribution in [1.29, 1.82) is 0 Å². The van der Waals surface area contributed by atoms with Gasteiger partial charge in [-0.25, -0.2) is 13.1 Å². The van der Waals surface area contributed by atoms with Gasteiger partial charge in [-0.1, -0.05) is 31.9 Å². The highest BCUT2D eigenvalue weighted by atomic mass is 32.2. The van der Waals surface area contributed by atoms with Crippen molar-refractivity contribution < 1.29 is 8.42 Å². The van der Waals surface area contributed by atoms with Crippen LogP contribution in [0.1, 0.15) is 51.0 Å². The van der Waals surface area contributed by atoms with Crippen LogP contribution in [-0.2, 0) is 16.6 Å². The normalized spacial score (nSPS) is 23.2. The van der Waals surface area contributed by atoms with E-state index in [0.717, 1.165) is 44.6 Å². The molecule has 2 N–H and O–H groups in total. The molecule has 140 valence electrons. The lowest BCUT2D eigenvalue weighted by Crippen LogP contribution is -2.47. The van der Waals surface area contributed by atoms with Crippen molar-refractivity contribution in [2.24, 2.45) is 0 Å². The second-order valence-electron chi connectivity index (χ2n) is 7.36. The third-order valence-corrected chi connectivity index (χ3v) is 6.99. The van der Waals surface area contributed by atoms with Crippen LogP contribution in [0.25, 0.3) is 0 Å². The highest BCUT2D eigenvalue weighted by Gasteiger charge is 2.24. The molecule has 2 aliphatic rings. The Hall–Kier alpha value is -0.950. The second kappa shape index (κ2) is 8.62. The Bertz CT molecular complexity index is 639. The van der Waals surface area contributed by atoms with Gasteiger partial charge in [-0.3, -0.25) is 0 Å². The minimum Gasteiger partial charge on any atom is -0.310 e. The van der Waals surface area contributed by atoms with Gasteiger partial charge >= 0.3 is 0 Å². The van der Waals surface area contributed by atoms with Crippen molar-refractivity contribution in [3.63, 3.8) is 0 Å². The lowest BCUT2D eigenvalue weighted by atomic mass is 10.1. The number of hydrogen-bond donors (Lipinski definition) is 2. The van der Waals surface area contributed by atoms with Crippen molar-refractivity contribution in [3.8, 4) is 0 Å². The number of rotatable bonds is 7. The fraction of sp³-hybridized carbons (Fsp3) is 0.684. The van der Waals surface area contributed by atoms with Gasteiger partial charge in [0, 0.05) is 25.2 Å². The average molecular weight is 366 g/mol. The van der Waals surface area contributed by atoms with Crippen LogP contribution < -0.4 is 10.0 Å². The summed E-state index contributed by atoms with van der Waals surface area (Å²) in [5, 5.41) is 3.56. The molecule has 0 aromatic heterocycles. The van der Waals surface area contributed by atoms with Crippen LogP contribution in [0.3, 0.4) is 0 Å². The van der Waals surface area contributed by atoms with Crippen molar-refractivity contribution in [1.82, 2.24) is 14.9 Å². The van der Waals surface area contributed by atoms with Crippen molar-refractivity contribution in [3.05, 3.63) is 29.8 Å². The molecule has 1 atom stereocenters. The minimum absolute atomic E-state index is 0.0161. The standard InChI is InChI=1S/C19H31N3O2S/c1-2-22-13-5-8-18(15-22)21-25(23,24)19-11-9-16(10-12-19)14-20-17-6-3-4-7-17/h9-12,17-18,20-21H,2-8,13-15H2,1H3/t18-/m0/s1. The maximum Gasteiger partial charge on any atom is 0.240 e. The number of likely N-dealkylation sites (tertiary alicyclic amines) is 1. The molecule has 0 bridgehead atoms. The molecule has 1 aromatic rings. The highest BCUT2D eigenvalue weighted by Crippen LogP contribution is 2.19. The molecule has 1 aromatic carbocycles. The van der Waals surface area contributed by atoms with Crippen LogP contribution in [0, 0.1) is 0 Å². The zero-order valence-electron chi connectivity index (χ0n) is 15.2. The number of piperidine rings is 1. The molecule has 25 heavy (non-hydrogen) atoms. The van der Waals surface area contributed by atoms with Crippen molar-refractivity contribution in [2.75, 3.05) is 19.6 Å². The van der Waals surface area contributed by atoms with Gasteiger partial charge in [0.25, 0.3) is 0 Å². The van der Waals surface area contributed by atoms with E-state index >= 15 is 0 Å². The first-order chi connectivity index (χ1) is 12.1. The van der Waals surface area contributed by atoms with E-state index in [2.05, 4.69) is 21.9 Å². The molecule has 0 spiro atoms. The maximum absolute atomic E-state index is 12.6. The Kier molecular flexibility index (Phi) is 6.49. The summed E-state index contributed by atoms with van der Waals surface area (Å²) in [6.45, 7) is 5.78. The summed E-state index contributed by atoms with van der Waals surface area (Å²) in [6.07, 6.45) is 7.11. The number of nitrogens with one attached hydrogen (secondary N) is 2. The molecule has 2 fully saturated rings. The third kappa shape index (κ3) is 5.26. The van der Waals surface area contributed by atoms with Crippen molar-refractivity contribution >= 4 is 10.0 Å². The van der Waals surface area contributed by atoms with Gasteiger partial charge in [0.15, 0.2) is 0 Å². The lowest BCUT2D eigenvalue weighted by molar-refractivity contribution is 0.211. The Labute approximate surface area is 152 Å². The lowest BCUT2D eigenvalue weighted by Gasteiger charge is -2.32. The van der Waals surface area contributed by atoms with E-state index in [1.54, 1.807) is 12.1 Å². The van der Waals surface area contributed by atoms with E-state index in [0.29, 0.717) is 10.9 Å². The number of sulfonamides is 1. The predicted octanol–water partition coefficient (Wildman–Crippen LogP) is 2.48. The van der Waals surface area contributed by atoms with Gasteiger partial charge in [-0.15, -0.1) is 0 Å². The zero-order chi connectivity index (χ0) is 17.7. The Morgan fingerprint density at radius 3 is 2.40 bits per heavy atom. The Morgan fingerprint density at radius 1 is 1.04 bits per heavy atom. The van der Waals surface area contributed by atoms with Gasteiger partial charge in [0.05, 0.1) is 4.90 Å². The monoisotopic (exact) mass is 365 g/mol. The molecule has 1 saturated heterocycles. The van der Waals surface area contributed by atoms with Crippen LogP contribution in [0.15, 0.2) is 29.2 Å². The number of hydrogen-bond acceptors (Lipinski definition) is 4. The molecule has 6 heteroatoms. The number of likely N-dealkylation sites (N-methyl/N-ethyl adjacent to an activating group) is 1. The summed E-state index contributed by atoms with van der Waals surface area (Å²) < 4.78 is 28.1. The van der Waals surface area contributed by atoms with E-state index in [4.69, 9.17) is 0 Å². The number of nitrogens with zero attached hydrogens (tertiary/aromatic N) is 1. The zero-order valence-corrected chi connectivity index (χ0v) is 16.0. The van der Waals surface area contributed by atoms with Gasteiger partial charge in [0.1, 0.15) is 0 Å². The first-order valence-corrected chi connectivity index (χ1v) is 11.1. The molecular formula is C19H31N3O2S. The first kappa shape index (κ1) is 18.8. The first-order valence-electron chi connectivity index (χ1n) is 9.64. The van der Waals surface area contributed by atoms with Crippen LogP contribution in [0.4, 0.5) is 0 Å². The quantitative estimate of drug-likeness (QED) is 0.779. The van der Waals surface area contributed by atoms with E-state index in [9.17, 15) is 8.42 Å². The van der Waals surface area contributed by atoms with Gasteiger partial charge in [-0.05, 0) is 56.5 Å². The molecule has 0 radical (unpaired) electrons.